The first-order chi connectivity index (χ1) is 12.6. The predicted octanol–water partition coefficient (Wildman–Crippen LogP) is 3.84. The molecular formula is C20H15NO4S. The Morgan fingerprint density at radius 3 is 2.12 bits per heavy atom. The molecule has 3 aromatic rings. The second-order valence-electron chi connectivity index (χ2n) is 5.72. The van der Waals surface area contributed by atoms with Crippen LogP contribution in [0.15, 0.2) is 77.2 Å². The Hall–Kier alpha value is -3.12. The zero-order chi connectivity index (χ0) is 18.1. The lowest BCUT2D eigenvalue weighted by atomic mass is 9.93. The Bertz CT molecular complexity index is 1100. The van der Waals surface area contributed by atoms with Crippen LogP contribution in [0, 0.1) is 0 Å². The van der Waals surface area contributed by atoms with Crippen LogP contribution < -0.4 is 8.92 Å². The van der Waals surface area contributed by atoms with Gasteiger partial charge in [-0.15, -0.1) is 4.40 Å². The highest BCUT2D eigenvalue weighted by molar-refractivity contribution is 7.86. The van der Waals surface area contributed by atoms with Crippen molar-refractivity contribution < 1.29 is 17.3 Å². The summed E-state index contributed by atoms with van der Waals surface area (Å²) in [4.78, 5) is 0. The van der Waals surface area contributed by atoms with Crippen LogP contribution in [-0.2, 0) is 10.3 Å². The summed E-state index contributed by atoms with van der Waals surface area (Å²) in [5.74, 6) is 1.03. The molecule has 0 aliphatic carbocycles. The minimum atomic E-state index is -4.04. The molecule has 0 aromatic heterocycles. The largest absolute Gasteiger partial charge is 0.497 e. The third kappa shape index (κ3) is 2.95. The summed E-state index contributed by atoms with van der Waals surface area (Å²) < 4.78 is 38.3. The Labute approximate surface area is 151 Å². The molecule has 26 heavy (non-hydrogen) atoms. The first-order valence-electron chi connectivity index (χ1n) is 7.95. The highest BCUT2D eigenvalue weighted by Gasteiger charge is 2.27. The highest BCUT2D eigenvalue weighted by Crippen LogP contribution is 2.33. The summed E-state index contributed by atoms with van der Waals surface area (Å²) in [6.45, 7) is 0. The van der Waals surface area contributed by atoms with Crippen molar-refractivity contribution in [3.05, 3.63) is 83.9 Å². The molecular weight excluding hydrogens is 350 g/mol. The maximum absolute atomic E-state index is 12.1. The minimum absolute atomic E-state index is 0.280. The normalized spacial score (nSPS) is 14.7. The van der Waals surface area contributed by atoms with E-state index >= 15 is 0 Å². The van der Waals surface area contributed by atoms with E-state index in [2.05, 4.69) is 4.40 Å². The molecule has 0 radical (unpaired) electrons. The lowest BCUT2D eigenvalue weighted by molar-refractivity contribution is 0.415. The molecule has 0 amide bonds. The van der Waals surface area contributed by atoms with E-state index in [0.717, 1.165) is 22.4 Å². The molecule has 0 bridgehead atoms. The van der Waals surface area contributed by atoms with E-state index in [4.69, 9.17) is 8.92 Å². The fraction of sp³-hybridized carbons (Fsp3) is 0.0500. The fourth-order valence-electron chi connectivity index (χ4n) is 2.93. The molecule has 0 unspecified atom stereocenters. The Morgan fingerprint density at radius 1 is 0.808 bits per heavy atom. The van der Waals surface area contributed by atoms with Gasteiger partial charge >= 0.3 is 10.3 Å². The molecule has 5 nitrogen and oxygen atoms in total. The van der Waals surface area contributed by atoms with Gasteiger partial charge in [0.25, 0.3) is 0 Å². The summed E-state index contributed by atoms with van der Waals surface area (Å²) in [5.41, 5.74) is 3.55. The van der Waals surface area contributed by atoms with E-state index in [0.29, 0.717) is 11.3 Å². The summed E-state index contributed by atoms with van der Waals surface area (Å²) in [6, 6.07) is 22.1. The maximum atomic E-state index is 12.1. The number of hydrogen-bond acceptors (Lipinski definition) is 4. The molecule has 0 saturated heterocycles. The number of rotatable bonds is 3. The Balaban J connectivity index is 1.92. The van der Waals surface area contributed by atoms with Crippen molar-refractivity contribution >= 4 is 16.0 Å². The molecule has 0 fully saturated rings. The van der Waals surface area contributed by atoms with Gasteiger partial charge in [-0.1, -0.05) is 48.5 Å². The number of nitrogens with zero attached hydrogens (tertiary/aromatic N) is 1. The van der Waals surface area contributed by atoms with Crippen molar-refractivity contribution in [3.8, 4) is 22.6 Å². The van der Waals surface area contributed by atoms with Crippen LogP contribution in [0.1, 0.15) is 11.1 Å². The topological polar surface area (TPSA) is 65.0 Å². The average molecular weight is 365 g/mol. The molecule has 0 N–H and O–H groups in total. The molecule has 4 rings (SSSR count). The van der Waals surface area contributed by atoms with Gasteiger partial charge < -0.3 is 8.92 Å². The molecule has 3 aromatic carbocycles. The van der Waals surface area contributed by atoms with E-state index in [-0.39, 0.29) is 5.75 Å². The zero-order valence-electron chi connectivity index (χ0n) is 13.9. The van der Waals surface area contributed by atoms with Gasteiger partial charge in [0.2, 0.25) is 0 Å². The third-order valence-electron chi connectivity index (χ3n) is 4.12. The van der Waals surface area contributed by atoms with Crippen molar-refractivity contribution in [2.75, 3.05) is 7.11 Å². The summed E-state index contributed by atoms with van der Waals surface area (Å²) in [5, 5.41) is 0. The summed E-state index contributed by atoms with van der Waals surface area (Å²) in [7, 11) is -2.42. The maximum Gasteiger partial charge on any atom is 0.429 e. The first kappa shape index (κ1) is 16.4. The van der Waals surface area contributed by atoms with E-state index in [1.165, 1.54) is 0 Å². The molecule has 0 spiro atoms. The molecule has 130 valence electrons. The lowest BCUT2D eigenvalue weighted by Crippen LogP contribution is -2.19. The highest BCUT2D eigenvalue weighted by atomic mass is 32.2. The zero-order valence-corrected chi connectivity index (χ0v) is 14.7. The number of benzene rings is 3. The van der Waals surface area contributed by atoms with Gasteiger partial charge in [-0.25, -0.2) is 0 Å². The van der Waals surface area contributed by atoms with E-state index < -0.39 is 10.3 Å². The van der Waals surface area contributed by atoms with Crippen LogP contribution in [0.3, 0.4) is 0 Å². The number of ether oxygens (including phenoxy) is 1. The number of fused-ring (bicyclic) bond motifs is 1. The predicted molar refractivity (Wildman–Crippen MR) is 100 cm³/mol. The fourth-order valence-corrected chi connectivity index (χ4v) is 3.76. The minimum Gasteiger partial charge on any atom is -0.497 e. The van der Waals surface area contributed by atoms with Crippen molar-refractivity contribution in [1.82, 2.24) is 0 Å². The first-order valence-corrected chi connectivity index (χ1v) is 9.31. The van der Waals surface area contributed by atoms with Gasteiger partial charge in [0.1, 0.15) is 5.75 Å². The molecule has 1 aliphatic heterocycles. The number of para-hydroxylation sites is 1. The Morgan fingerprint density at radius 2 is 1.42 bits per heavy atom. The van der Waals surface area contributed by atoms with Crippen LogP contribution >= 0.6 is 0 Å². The van der Waals surface area contributed by atoms with Gasteiger partial charge in [-0.2, -0.15) is 8.42 Å². The smallest absolute Gasteiger partial charge is 0.429 e. The van der Waals surface area contributed by atoms with Crippen molar-refractivity contribution in [2.24, 2.45) is 4.40 Å². The van der Waals surface area contributed by atoms with Crippen LogP contribution in [0.2, 0.25) is 0 Å². The molecule has 1 aliphatic rings. The van der Waals surface area contributed by atoms with Crippen molar-refractivity contribution in [1.29, 1.82) is 0 Å². The van der Waals surface area contributed by atoms with Crippen molar-refractivity contribution in [3.63, 3.8) is 0 Å². The molecule has 0 saturated carbocycles. The number of hydrogen-bond donors (Lipinski definition) is 0. The average Bonchev–Trinajstić information content (AvgIpc) is 2.67. The van der Waals surface area contributed by atoms with Gasteiger partial charge in [-0.3, -0.25) is 0 Å². The number of methoxy groups -OCH3 is 1. The van der Waals surface area contributed by atoms with Gasteiger partial charge in [0.15, 0.2) is 5.75 Å². The van der Waals surface area contributed by atoms with E-state index in [1.807, 2.05) is 54.6 Å². The molecule has 0 atom stereocenters. The molecule has 6 heteroatoms. The van der Waals surface area contributed by atoms with Gasteiger partial charge in [-0.05, 0) is 35.4 Å². The second kappa shape index (κ2) is 6.31. The molecule has 1 heterocycles. The van der Waals surface area contributed by atoms with Gasteiger partial charge in [0, 0.05) is 11.1 Å². The monoisotopic (exact) mass is 365 g/mol. The Kier molecular flexibility index (Phi) is 3.97. The van der Waals surface area contributed by atoms with Crippen LogP contribution in [0.5, 0.6) is 11.5 Å². The van der Waals surface area contributed by atoms with Crippen LogP contribution in [0.4, 0.5) is 0 Å². The van der Waals surface area contributed by atoms with Gasteiger partial charge in [0.05, 0.1) is 12.8 Å². The van der Waals surface area contributed by atoms with Crippen LogP contribution in [0.25, 0.3) is 11.1 Å². The van der Waals surface area contributed by atoms with Crippen LogP contribution in [-0.4, -0.2) is 21.2 Å². The standard InChI is InChI=1S/C20H15NO4S/c1-24-15-12-10-14(11-13-15)16-6-2-3-7-17(16)20-18-8-4-5-9-19(18)25-26(22,23)21-20/h2-13H,1H3. The summed E-state index contributed by atoms with van der Waals surface area (Å²) >= 11 is 0. The SMILES string of the molecule is COc1ccc(-c2ccccc2C2=NS(=O)(=O)Oc3ccccc32)cc1. The third-order valence-corrected chi connectivity index (χ3v) is 4.92. The lowest BCUT2D eigenvalue weighted by Gasteiger charge is -2.19. The van der Waals surface area contributed by atoms with E-state index in [1.54, 1.807) is 25.3 Å². The quantitative estimate of drug-likeness (QED) is 0.707. The second-order valence-corrected chi connectivity index (χ2v) is 6.93. The summed E-state index contributed by atoms with van der Waals surface area (Å²) in [6.07, 6.45) is 0. The van der Waals surface area contributed by atoms with Crippen molar-refractivity contribution in [2.45, 2.75) is 0 Å². The van der Waals surface area contributed by atoms with E-state index in [9.17, 15) is 8.42 Å².